The van der Waals surface area contributed by atoms with Gasteiger partial charge in [-0.3, -0.25) is 4.79 Å². The van der Waals surface area contributed by atoms with Gasteiger partial charge in [-0.15, -0.1) is 0 Å². The molecule has 106 valence electrons. The van der Waals surface area contributed by atoms with E-state index in [2.05, 4.69) is 10.3 Å². The first-order valence-electron chi connectivity index (χ1n) is 6.44. The minimum absolute atomic E-state index is 0.183. The number of rotatable bonds is 3. The van der Waals surface area contributed by atoms with Gasteiger partial charge in [-0.25, -0.2) is 4.98 Å². The molecule has 1 aromatic rings. The van der Waals surface area contributed by atoms with Crippen LogP contribution in [0.2, 0.25) is 0 Å². The summed E-state index contributed by atoms with van der Waals surface area (Å²) in [4.78, 5) is 16.3. The summed E-state index contributed by atoms with van der Waals surface area (Å²) in [6.07, 6.45) is 3.82. The maximum absolute atomic E-state index is 12.2. The molecule has 1 aliphatic rings. The zero-order chi connectivity index (χ0) is 14.1. The Bertz CT molecular complexity index is 499. The lowest BCUT2D eigenvalue weighted by atomic mass is 10.0. The summed E-state index contributed by atoms with van der Waals surface area (Å²) < 4.78 is 6.79. The normalized spacial score (nSPS) is 23.6. The Kier molecular flexibility index (Phi) is 3.64. The fourth-order valence-corrected chi connectivity index (χ4v) is 2.05. The molecule has 1 atom stereocenters. The van der Waals surface area contributed by atoms with Crippen LogP contribution in [0.4, 0.5) is 5.82 Å². The second-order valence-electron chi connectivity index (χ2n) is 6.00. The van der Waals surface area contributed by atoms with Crippen LogP contribution in [0.1, 0.15) is 27.2 Å². The van der Waals surface area contributed by atoms with Crippen molar-refractivity contribution in [2.45, 2.75) is 38.3 Å². The maximum atomic E-state index is 12.2. The highest BCUT2D eigenvalue weighted by atomic mass is 16.5. The van der Waals surface area contributed by atoms with E-state index < -0.39 is 5.60 Å². The molecule has 2 N–H and O–H groups in total. The average Bonchev–Trinajstić information content (AvgIpc) is 2.74. The first-order chi connectivity index (χ1) is 8.82. The Morgan fingerprint density at radius 1 is 1.58 bits per heavy atom. The molecule has 6 nitrogen and oxygen atoms in total. The van der Waals surface area contributed by atoms with Crippen LogP contribution in [0, 0.1) is 0 Å². The van der Waals surface area contributed by atoms with Crippen LogP contribution in [0.25, 0.3) is 0 Å². The van der Waals surface area contributed by atoms with E-state index in [0.29, 0.717) is 19.6 Å². The summed E-state index contributed by atoms with van der Waals surface area (Å²) in [5.41, 5.74) is -1.39. The lowest BCUT2D eigenvalue weighted by Gasteiger charge is -2.24. The third-order valence-electron chi connectivity index (χ3n) is 3.23. The maximum Gasteiger partial charge on any atom is 0.293 e. The van der Waals surface area contributed by atoms with E-state index in [-0.39, 0.29) is 23.5 Å². The summed E-state index contributed by atoms with van der Waals surface area (Å²) in [6.45, 7) is 6.97. The molecule has 0 aliphatic carbocycles. The number of anilines is 1. The number of ether oxygens (including phenoxy) is 1. The molecule has 1 fully saturated rings. The second-order valence-corrected chi connectivity index (χ2v) is 6.00. The Morgan fingerprint density at radius 3 is 2.89 bits per heavy atom. The van der Waals surface area contributed by atoms with Crippen LogP contribution in [0.5, 0.6) is 0 Å². The molecule has 0 bridgehead atoms. The molecule has 2 rings (SSSR count). The van der Waals surface area contributed by atoms with Gasteiger partial charge in [-0.05, 0) is 20.8 Å². The van der Waals surface area contributed by atoms with Crippen molar-refractivity contribution >= 4 is 5.82 Å². The largest absolute Gasteiger partial charge is 0.386 e. The quantitative estimate of drug-likeness (QED) is 0.837. The van der Waals surface area contributed by atoms with Gasteiger partial charge in [0.15, 0.2) is 5.82 Å². The Balaban J connectivity index is 2.15. The van der Waals surface area contributed by atoms with Crippen molar-refractivity contribution in [2.24, 2.45) is 0 Å². The molecule has 0 radical (unpaired) electrons. The molecule has 19 heavy (non-hydrogen) atoms. The molecule has 6 heteroatoms. The van der Waals surface area contributed by atoms with E-state index in [0.717, 1.165) is 0 Å². The van der Waals surface area contributed by atoms with Gasteiger partial charge in [0.1, 0.15) is 5.60 Å². The van der Waals surface area contributed by atoms with Crippen LogP contribution >= 0.6 is 0 Å². The van der Waals surface area contributed by atoms with Gasteiger partial charge < -0.3 is 19.7 Å². The third kappa shape index (κ3) is 3.13. The topological polar surface area (TPSA) is 76.4 Å². The van der Waals surface area contributed by atoms with Crippen LogP contribution in [-0.2, 0) is 10.3 Å². The van der Waals surface area contributed by atoms with E-state index in [1.165, 1.54) is 0 Å². The Hall–Kier alpha value is -1.40. The molecule has 1 unspecified atom stereocenters. The highest BCUT2D eigenvalue weighted by Crippen LogP contribution is 2.18. The zero-order valence-corrected chi connectivity index (χ0v) is 11.6. The number of nitrogens with zero attached hydrogens (tertiary/aromatic N) is 2. The third-order valence-corrected chi connectivity index (χ3v) is 3.23. The average molecular weight is 267 g/mol. The van der Waals surface area contributed by atoms with Gasteiger partial charge in [0.25, 0.3) is 5.56 Å². The Morgan fingerprint density at radius 2 is 2.32 bits per heavy atom. The van der Waals surface area contributed by atoms with Crippen molar-refractivity contribution in [3.05, 3.63) is 22.7 Å². The standard InChI is InChI=1S/C13H21N3O3/c1-12(2,3)16-6-5-14-10(11(16)17)15-8-13(18)4-7-19-9-13/h5-6,18H,4,7-9H2,1-3H3,(H,14,15). The zero-order valence-electron chi connectivity index (χ0n) is 11.6. The van der Waals surface area contributed by atoms with Crippen molar-refractivity contribution in [1.29, 1.82) is 0 Å². The molecular formula is C13H21N3O3. The predicted octanol–water partition coefficient (Wildman–Crippen LogP) is 0.562. The second kappa shape index (κ2) is 4.94. The van der Waals surface area contributed by atoms with E-state index >= 15 is 0 Å². The lowest BCUT2D eigenvalue weighted by Crippen LogP contribution is -2.40. The molecule has 0 saturated carbocycles. The molecule has 1 aliphatic heterocycles. The molecule has 1 aromatic heterocycles. The highest BCUT2D eigenvalue weighted by molar-refractivity contribution is 5.32. The van der Waals surface area contributed by atoms with E-state index in [4.69, 9.17) is 4.74 Å². The van der Waals surface area contributed by atoms with Gasteiger partial charge in [-0.1, -0.05) is 0 Å². The van der Waals surface area contributed by atoms with Crippen molar-refractivity contribution in [2.75, 3.05) is 25.1 Å². The number of hydrogen-bond acceptors (Lipinski definition) is 5. The van der Waals surface area contributed by atoms with Gasteiger partial charge >= 0.3 is 0 Å². The van der Waals surface area contributed by atoms with Gasteiger partial charge in [0, 0.05) is 37.5 Å². The van der Waals surface area contributed by atoms with Crippen molar-refractivity contribution in [1.82, 2.24) is 9.55 Å². The van der Waals surface area contributed by atoms with Gasteiger partial charge in [-0.2, -0.15) is 0 Å². The number of hydrogen-bond donors (Lipinski definition) is 2. The minimum Gasteiger partial charge on any atom is -0.386 e. The molecular weight excluding hydrogens is 246 g/mol. The summed E-state index contributed by atoms with van der Waals surface area (Å²) >= 11 is 0. The van der Waals surface area contributed by atoms with E-state index in [9.17, 15) is 9.90 Å². The first kappa shape index (κ1) is 14.0. The van der Waals surface area contributed by atoms with E-state index in [1.54, 1.807) is 17.0 Å². The number of nitrogens with one attached hydrogen (secondary N) is 1. The minimum atomic E-state index is -0.906. The van der Waals surface area contributed by atoms with Gasteiger partial charge in [0.2, 0.25) is 0 Å². The summed E-state index contributed by atoms with van der Waals surface area (Å²) in [6, 6.07) is 0. The fraction of sp³-hybridized carbons (Fsp3) is 0.692. The molecule has 0 spiro atoms. The fourth-order valence-electron chi connectivity index (χ4n) is 2.05. The molecule has 0 amide bonds. The van der Waals surface area contributed by atoms with Crippen molar-refractivity contribution in [3.63, 3.8) is 0 Å². The van der Waals surface area contributed by atoms with Crippen LogP contribution in [0.15, 0.2) is 17.2 Å². The summed E-state index contributed by atoms with van der Waals surface area (Å²) in [5, 5.41) is 13.1. The van der Waals surface area contributed by atoms with Crippen LogP contribution < -0.4 is 10.9 Å². The lowest BCUT2D eigenvalue weighted by molar-refractivity contribution is 0.0381. The predicted molar refractivity (Wildman–Crippen MR) is 72.4 cm³/mol. The van der Waals surface area contributed by atoms with E-state index in [1.807, 2.05) is 20.8 Å². The summed E-state index contributed by atoms with van der Waals surface area (Å²) in [5.74, 6) is 0.262. The summed E-state index contributed by atoms with van der Waals surface area (Å²) in [7, 11) is 0. The smallest absolute Gasteiger partial charge is 0.293 e. The number of aliphatic hydroxyl groups is 1. The highest BCUT2D eigenvalue weighted by Gasteiger charge is 2.32. The van der Waals surface area contributed by atoms with Crippen molar-refractivity contribution in [3.8, 4) is 0 Å². The molecule has 2 heterocycles. The van der Waals surface area contributed by atoms with Gasteiger partial charge in [0.05, 0.1) is 6.61 Å². The molecule has 0 aromatic carbocycles. The number of aromatic nitrogens is 2. The SMILES string of the molecule is CC(C)(C)n1ccnc(NCC2(O)CCOC2)c1=O. The van der Waals surface area contributed by atoms with Crippen LogP contribution in [0.3, 0.4) is 0 Å². The molecule has 1 saturated heterocycles. The Labute approximate surface area is 112 Å². The first-order valence-corrected chi connectivity index (χ1v) is 6.44. The van der Waals surface area contributed by atoms with Crippen molar-refractivity contribution < 1.29 is 9.84 Å². The monoisotopic (exact) mass is 267 g/mol. The van der Waals surface area contributed by atoms with Crippen LogP contribution in [-0.4, -0.2) is 40.0 Å².